The van der Waals surface area contributed by atoms with Crippen molar-refractivity contribution in [3.05, 3.63) is 0 Å². The molecule has 0 aromatic rings. The molecule has 108 valence electrons. The summed E-state index contributed by atoms with van der Waals surface area (Å²) >= 11 is 0. The van der Waals surface area contributed by atoms with Gasteiger partial charge in [0.05, 0.1) is 0 Å². The first kappa shape index (κ1) is 31.3. The minimum absolute atomic E-state index is 0. The molecule has 0 unspecified atom stereocenters. The molecule has 0 radical (unpaired) electrons. The molecule has 13 nitrogen and oxygen atoms in total. The van der Waals surface area contributed by atoms with Crippen molar-refractivity contribution >= 4 is 54.6 Å². The second-order valence-corrected chi connectivity index (χ2v) is 1.60. The van der Waals surface area contributed by atoms with E-state index in [1.54, 1.807) is 0 Å². The summed E-state index contributed by atoms with van der Waals surface area (Å²) in [5.41, 5.74) is 0. The Hall–Kier alpha value is -0.113. The van der Waals surface area contributed by atoms with E-state index < -0.39 is 29.3 Å². The van der Waals surface area contributed by atoms with Crippen molar-refractivity contribution in [1.82, 2.24) is 0 Å². The number of carbonyl (C=O) groups excluding carboxylic acids is 1. The van der Waals surface area contributed by atoms with Crippen LogP contribution in [-0.2, 0) is 9.45 Å². The molecule has 0 aliphatic heterocycles. The molecule has 11 N–H and O–H groups in total. The first-order valence-corrected chi connectivity index (χ1v) is 3.55. The Morgan fingerprint density at radius 1 is 0.632 bits per heavy atom. The van der Waals surface area contributed by atoms with Crippen molar-refractivity contribution in [2.24, 2.45) is 0 Å². The van der Waals surface area contributed by atoms with Crippen molar-refractivity contribution < 1.29 is 64.7 Å². The fourth-order valence-electron chi connectivity index (χ4n) is 0.0497. The van der Waals surface area contributed by atoms with Crippen LogP contribution in [0.2, 0.25) is 0 Å². The zero-order valence-corrected chi connectivity index (χ0v) is 8.62. The van der Waals surface area contributed by atoms with E-state index in [1.165, 1.54) is 0 Å². The molecular weight excluding hydrogens is 270 g/mol. The molecule has 0 saturated carbocycles. The van der Waals surface area contributed by atoms with Crippen molar-refractivity contribution in [2.75, 3.05) is 0 Å². The van der Waals surface area contributed by atoms with Gasteiger partial charge in [-0.1, -0.05) is 0 Å². The Bertz CT molecular complexity index is 120. The topological polar surface area (TPSA) is 249 Å². The van der Waals surface area contributed by atoms with Gasteiger partial charge in [0.25, 0.3) is 6.47 Å². The second kappa shape index (κ2) is 26.5. The van der Waals surface area contributed by atoms with Gasteiger partial charge in [-0.15, -0.1) is 0 Å². The number of rotatable bonds is 2. The van der Waals surface area contributed by atoms with Crippen LogP contribution in [0.4, 0.5) is 0 Å². The van der Waals surface area contributed by atoms with E-state index in [9.17, 15) is 0 Å². The number of hydrogen-bond donors (Lipinski definition) is 11. The van der Waals surface area contributed by atoms with E-state index >= 15 is 0 Å². The van der Waals surface area contributed by atoms with Crippen LogP contribution in [0.3, 0.4) is 0 Å². The van der Waals surface area contributed by atoms with Crippen LogP contribution >= 0.6 is 0 Å². The van der Waals surface area contributed by atoms with E-state index in [-0.39, 0.29) is 25.3 Å². The summed E-state index contributed by atoms with van der Waals surface area (Å²) in [6.07, 6.45) is 0. The molecule has 0 fully saturated rings. The van der Waals surface area contributed by atoms with Gasteiger partial charge in [-0.3, -0.25) is 4.79 Å². The normalized spacial score (nSPS) is 6.47. The summed E-state index contributed by atoms with van der Waals surface area (Å²) < 4.78 is 3.47. The Balaban J connectivity index is -0.0000000459. The van der Waals surface area contributed by atoms with E-state index in [1.807, 2.05) is 0 Å². The fraction of sp³-hybridized carbons (Fsp3) is 0. The van der Waals surface area contributed by atoms with Gasteiger partial charge >= 0.3 is 48.1 Å². The average Bonchev–Trinajstić information content (AvgIpc) is 1.98. The SMILES string of the molecule is O=COB(O)O.OB(O)O.OB(O)O.OB(O)O.[LiH]. The standard InChI is InChI=1S/CH3BO4.3BH3O3.Li.H/c3-1-6-2(4)5;3*2-1(3)4;;/h1,4-5H;3*2-4H;;. The third kappa shape index (κ3) is 542. The molecule has 19 heavy (non-hydrogen) atoms. The molecule has 0 rings (SSSR count). The fourth-order valence-corrected chi connectivity index (χ4v) is 0.0497. The first-order valence-electron chi connectivity index (χ1n) is 3.55. The molecule has 0 aromatic carbocycles. The van der Waals surface area contributed by atoms with Gasteiger partial charge in [0, 0.05) is 0 Å². The molecule has 0 bridgehead atoms. The minimum atomic E-state index is -2.17. The summed E-state index contributed by atoms with van der Waals surface area (Å²) in [6.45, 7) is -0.0509. The summed E-state index contributed by atoms with van der Waals surface area (Å²) in [7, 11) is -8.47. The number of hydrogen-bond acceptors (Lipinski definition) is 13. The Morgan fingerprint density at radius 3 is 0.789 bits per heavy atom. The van der Waals surface area contributed by atoms with Crippen LogP contribution in [-0.4, -0.2) is 110 Å². The van der Waals surface area contributed by atoms with E-state index in [2.05, 4.69) is 4.65 Å². The monoisotopic (exact) mass is 284 g/mol. The summed E-state index contributed by atoms with van der Waals surface area (Å²) in [4.78, 5) is 9.07. The first-order chi connectivity index (χ1) is 7.97. The molecule has 0 amide bonds. The molecule has 0 saturated heterocycles. The molecular formula is CH13B4LiO13. The molecule has 0 aliphatic rings. The van der Waals surface area contributed by atoms with Crippen LogP contribution < -0.4 is 0 Å². The summed E-state index contributed by atoms with van der Waals surface area (Å²) in [5, 5.41) is 79.8. The van der Waals surface area contributed by atoms with Crippen molar-refractivity contribution in [3.8, 4) is 0 Å². The Labute approximate surface area is 120 Å². The number of carbonyl (C=O) groups is 1. The molecule has 0 aromatic heterocycles. The Kier molecular flexibility index (Phi) is 43.6. The maximum atomic E-state index is 9.07. The van der Waals surface area contributed by atoms with E-state index in [0.717, 1.165) is 0 Å². The van der Waals surface area contributed by atoms with Crippen molar-refractivity contribution in [3.63, 3.8) is 0 Å². The molecule has 0 heterocycles. The quantitative estimate of drug-likeness (QED) is 0.166. The average molecular weight is 283 g/mol. The van der Waals surface area contributed by atoms with Crippen molar-refractivity contribution in [2.45, 2.75) is 0 Å². The van der Waals surface area contributed by atoms with Crippen molar-refractivity contribution in [1.29, 1.82) is 0 Å². The summed E-state index contributed by atoms with van der Waals surface area (Å²) in [5.74, 6) is 0. The van der Waals surface area contributed by atoms with Gasteiger partial charge in [-0.2, -0.15) is 0 Å². The van der Waals surface area contributed by atoms with Crippen LogP contribution in [0.5, 0.6) is 0 Å². The van der Waals surface area contributed by atoms with Crippen LogP contribution in [0.15, 0.2) is 0 Å². The zero-order valence-electron chi connectivity index (χ0n) is 8.62. The molecule has 18 heteroatoms. The van der Waals surface area contributed by atoms with Gasteiger partial charge in [-0.05, 0) is 0 Å². The second-order valence-electron chi connectivity index (χ2n) is 1.60. The maximum absolute atomic E-state index is 9.07. The van der Waals surface area contributed by atoms with Crippen LogP contribution in [0.25, 0.3) is 0 Å². The van der Waals surface area contributed by atoms with Crippen LogP contribution in [0.1, 0.15) is 0 Å². The van der Waals surface area contributed by atoms with Gasteiger partial charge in [0.15, 0.2) is 0 Å². The van der Waals surface area contributed by atoms with Gasteiger partial charge < -0.3 is 59.9 Å². The third-order valence-corrected chi connectivity index (χ3v) is 0.177. The van der Waals surface area contributed by atoms with Gasteiger partial charge in [0.1, 0.15) is 0 Å². The Morgan fingerprint density at radius 2 is 0.789 bits per heavy atom. The van der Waals surface area contributed by atoms with E-state index in [0.29, 0.717) is 0 Å². The predicted molar refractivity (Wildman–Crippen MR) is 61.7 cm³/mol. The summed E-state index contributed by atoms with van der Waals surface area (Å²) in [6, 6.07) is 0. The molecule has 0 spiro atoms. The third-order valence-electron chi connectivity index (χ3n) is 0.177. The van der Waals surface area contributed by atoms with Crippen LogP contribution in [0, 0.1) is 0 Å². The van der Waals surface area contributed by atoms with Gasteiger partial charge in [-0.25, -0.2) is 0 Å². The zero-order chi connectivity index (χ0) is 15.7. The molecule has 0 atom stereocenters. The van der Waals surface area contributed by atoms with Gasteiger partial charge in [0.2, 0.25) is 0 Å². The van der Waals surface area contributed by atoms with E-state index in [4.69, 9.17) is 60.1 Å². The predicted octanol–water partition coefficient (Wildman–Crippen LogP) is -8.67. The molecule has 0 aliphatic carbocycles.